The molecule has 120 valence electrons. The first-order chi connectivity index (χ1) is 9.84. The highest BCUT2D eigenvalue weighted by molar-refractivity contribution is 7.11. The van der Waals surface area contributed by atoms with Gasteiger partial charge in [0, 0.05) is 21.8 Å². The molecule has 2 rings (SSSR count). The van der Waals surface area contributed by atoms with Crippen molar-refractivity contribution in [3.05, 3.63) is 21.9 Å². The Bertz CT molecular complexity index is 429. The van der Waals surface area contributed by atoms with Gasteiger partial charge in [-0.15, -0.1) is 11.3 Å². The van der Waals surface area contributed by atoms with E-state index in [9.17, 15) is 0 Å². The van der Waals surface area contributed by atoms with E-state index in [0.717, 1.165) is 12.0 Å². The third kappa shape index (κ3) is 5.41. The smallest absolute Gasteiger partial charge is 0.00896 e. The van der Waals surface area contributed by atoms with Crippen LogP contribution in [0, 0.1) is 18.3 Å². The summed E-state index contributed by atoms with van der Waals surface area (Å²) in [5.74, 6) is 0.902. The van der Waals surface area contributed by atoms with E-state index in [1.807, 2.05) is 11.3 Å². The highest BCUT2D eigenvalue weighted by Gasteiger charge is 2.28. The zero-order valence-corrected chi connectivity index (χ0v) is 15.4. The molecule has 1 aromatic rings. The summed E-state index contributed by atoms with van der Waals surface area (Å²) in [7, 11) is 0. The predicted molar refractivity (Wildman–Crippen MR) is 95.2 cm³/mol. The average molecular weight is 308 g/mol. The fraction of sp³-hybridized carbons (Fsp3) is 0.789. The van der Waals surface area contributed by atoms with Gasteiger partial charge in [0.05, 0.1) is 0 Å². The average Bonchev–Trinajstić information content (AvgIpc) is 2.62. The highest BCUT2D eigenvalue weighted by atomic mass is 32.1. The van der Waals surface area contributed by atoms with Crippen LogP contribution in [0.3, 0.4) is 0 Å². The highest BCUT2D eigenvalue weighted by Crippen LogP contribution is 2.36. The third-order valence-electron chi connectivity index (χ3n) is 5.02. The largest absolute Gasteiger partial charge is 0.311 e. The number of hydrogen-bond donors (Lipinski definition) is 1. The SMILES string of the molecule is Cc1ccc(CC(C)NC2CCCC(C(C)(C)C)CC2)s1. The summed E-state index contributed by atoms with van der Waals surface area (Å²) in [4.78, 5) is 2.95. The Morgan fingerprint density at radius 1 is 1.19 bits per heavy atom. The lowest BCUT2D eigenvalue weighted by Gasteiger charge is -2.30. The fourth-order valence-corrected chi connectivity index (χ4v) is 4.71. The minimum absolute atomic E-state index is 0.481. The van der Waals surface area contributed by atoms with Crippen LogP contribution in [0.25, 0.3) is 0 Å². The first-order valence-electron chi connectivity index (χ1n) is 8.66. The number of rotatable bonds is 4. The van der Waals surface area contributed by atoms with Crippen LogP contribution in [-0.2, 0) is 6.42 Å². The molecule has 1 N–H and O–H groups in total. The van der Waals surface area contributed by atoms with Crippen molar-refractivity contribution in [2.75, 3.05) is 0 Å². The maximum absolute atomic E-state index is 3.90. The van der Waals surface area contributed by atoms with Crippen LogP contribution in [0.15, 0.2) is 12.1 Å². The second-order valence-corrected chi connectivity index (χ2v) is 9.42. The van der Waals surface area contributed by atoms with Crippen molar-refractivity contribution in [2.24, 2.45) is 11.3 Å². The quantitative estimate of drug-likeness (QED) is 0.717. The van der Waals surface area contributed by atoms with E-state index in [1.165, 1.54) is 48.3 Å². The van der Waals surface area contributed by atoms with Gasteiger partial charge >= 0.3 is 0 Å². The maximum Gasteiger partial charge on any atom is 0.00896 e. The molecule has 0 amide bonds. The van der Waals surface area contributed by atoms with Crippen molar-refractivity contribution < 1.29 is 0 Å². The second kappa shape index (κ2) is 7.28. The van der Waals surface area contributed by atoms with E-state index in [-0.39, 0.29) is 0 Å². The van der Waals surface area contributed by atoms with Crippen molar-refractivity contribution >= 4 is 11.3 Å². The number of hydrogen-bond acceptors (Lipinski definition) is 2. The van der Waals surface area contributed by atoms with E-state index in [0.29, 0.717) is 11.5 Å². The Balaban J connectivity index is 1.80. The molecule has 0 spiro atoms. The number of thiophene rings is 1. The van der Waals surface area contributed by atoms with Gasteiger partial charge in [-0.05, 0) is 69.4 Å². The lowest BCUT2D eigenvalue weighted by molar-refractivity contribution is 0.213. The molecule has 0 radical (unpaired) electrons. The molecule has 3 unspecified atom stereocenters. The van der Waals surface area contributed by atoms with Crippen LogP contribution in [0.2, 0.25) is 0 Å². The van der Waals surface area contributed by atoms with Gasteiger partial charge in [0.1, 0.15) is 0 Å². The lowest BCUT2D eigenvalue weighted by atomic mass is 9.76. The minimum Gasteiger partial charge on any atom is -0.311 e. The van der Waals surface area contributed by atoms with Gasteiger partial charge in [0.2, 0.25) is 0 Å². The normalized spacial score (nSPS) is 25.6. The van der Waals surface area contributed by atoms with Crippen molar-refractivity contribution in [3.8, 4) is 0 Å². The van der Waals surface area contributed by atoms with E-state index >= 15 is 0 Å². The first kappa shape index (κ1) is 17.0. The molecule has 1 heterocycles. The molecule has 1 nitrogen and oxygen atoms in total. The zero-order chi connectivity index (χ0) is 15.5. The Kier molecular flexibility index (Phi) is 5.90. The maximum atomic E-state index is 3.90. The lowest BCUT2D eigenvalue weighted by Crippen LogP contribution is -2.37. The molecule has 0 saturated heterocycles. The molecule has 3 atom stereocenters. The van der Waals surface area contributed by atoms with Gasteiger partial charge in [0.15, 0.2) is 0 Å². The molecule has 1 saturated carbocycles. The number of aryl methyl sites for hydroxylation is 1. The molecule has 1 aromatic heterocycles. The van der Waals surface area contributed by atoms with Crippen molar-refractivity contribution in [1.29, 1.82) is 0 Å². The van der Waals surface area contributed by atoms with Gasteiger partial charge < -0.3 is 5.32 Å². The molecule has 1 aliphatic carbocycles. The predicted octanol–water partition coefficient (Wildman–Crippen LogP) is 5.57. The Morgan fingerprint density at radius 2 is 1.95 bits per heavy atom. The van der Waals surface area contributed by atoms with E-state index in [1.54, 1.807) is 0 Å². The van der Waals surface area contributed by atoms with Crippen molar-refractivity contribution in [1.82, 2.24) is 5.32 Å². The monoisotopic (exact) mass is 307 g/mol. The van der Waals surface area contributed by atoms with Crippen LogP contribution in [0.4, 0.5) is 0 Å². The van der Waals surface area contributed by atoms with E-state index < -0.39 is 0 Å². The van der Waals surface area contributed by atoms with Crippen molar-refractivity contribution in [3.63, 3.8) is 0 Å². The fourth-order valence-electron chi connectivity index (χ4n) is 3.69. The zero-order valence-electron chi connectivity index (χ0n) is 14.5. The summed E-state index contributed by atoms with van der Waals surface area (Å²) in [6, 6.07) is 5.86. The van der Waals surface area contributed by atoms with Gasteiger partial charge in [-0.3, -0.25) is 0 Å². The van der Waals surface area contributed by atoms with Crippen LogP contribution >= 0.6 is 11.3 Å². The summed E-state index contributed by atoms with van der Waals surface area (Å²) < 4.78 is 0. The molecule has 1 fully saturated rings. The van der Waals surface area contributed by atoms with E-state index in [4.69, 9.17) is 0 Å². The molecule has 21 heavy (non-hydrogen) atoms. The van der Waals surface area contributed by atoms with E-state index in [2.05, 4.69) is 52.1 Å². The van der Waals surface area contributed by atoms with Gasteiger partial charge in [-0.2, -0.15) is 0 Å². The number of nitrogens with one attached hydrogen (secondary N) is 1. The molecule has 0 aromatic carbocycles. The van der Waals surface area contributed by atoms with Crippen LogP contribution in [0.1, 0.15) is 69.6 Å². The van der Waals surface area contributed by atoms with Crippen LogP contribution in [0.5, 0.6) is 0 Å². The van der Waals surface area contributed by atoms with Crippen molar-refractivity contribution in [2.45, 2.75) is 85.2 Å². The van der Waals surface area contributed by atoms with Crippen LogP contribution < -0.4 is 5.32 Å². The van der Waals surface area contributed by atoms with Gasteiger partial charge in [-0.25, -0.2) is 0 Å². The molecule has 0 aliphatic heterocycles. The topological polar surface area (TPSA) is 12.0 Å². The third-order valence-corrected chi connectivity index (χ3v) is 6.04. The summed E-state index contributed by atoms with van der Waals surface area (Å²) in [6.07, 6.45) is 8.10. The molecule has 2 heteroatoms. The minimum atomic E-state index is 0.481. The van der Waals surface area contributed by atoms with Gasteiger partial charge in [0.25, 0.3) is 0 Å². The Labute approximate surface area is 135 Å². The van der Waals surface area contributed by atoms with Gasteiger partial charge in [-0.1, -0.05) is 27.2 Å². The second-order valence-electron chi connectivity index (χ2n) is 8.05. The first-order valence-corrected chi connectivity index (χ1v) is 9.47. The summed E-state index contributed by atoms with van der Waals surface area (Å²) in [5.41, 5.74) is 0.481. The standard InChI is InChI=1S/C19H33NS/c1-14(13-18-12-9-15(2)21-18)20-17-8-6-7-16(10-11-17)19(3,4)5/h9,12,14,16-17,20H,6-8,10-11,13H2,1-5H3. The molecule has 0 bridgehead atoms. The summed E-state index contributed by atoms with van der Waals surface area (Å²) in [5, 5.41) is 3.90. The van der Waals surface area contributed by atoms with Crippen LogP contribution in [-0.4, -0.2) is 12.1 Å². The summed E-state index contributed by atoms with van der Waals surface area (Å²) in [6.45, 7) is 11.8. The molecule has 1 aliphatic rings. The Morgan fingerprint density at radius 3 is 2.57 bits per heavy atom. The molecular formula is C19H33NS. The Hall–Kier alpha value is -0.340. The summed E-state index contributed by atoms with van der Waals surface area (Å²) >= 11 is 1.95. The molecular weight excluding hydrogens is 274 g/mol.